The second-order valence-corrected chi connectivity index (χ2v) is 8.95. The fourth-order valence-corrected chi connectivity index (χ4v) is 5.18. The third-order valence-corrected chi connectivity index (χ3v) is 6.90. The zero-order valence-electron chi connectivity index (χ0n) is 18.3. The van der Waals surface area contributed by atoms with E-state index in [2.05, 4.69) is 20.1 Å². The van der Waals surface area contributed by atoms with Crippen LogP contribution in [0.5, 0.6) is 0 Å². The van der Waals surface area contributed by atoms with Gasteiger partial charge in [-0.25, -0.2) is 0 Å². The Morgan fingerprint density at radius 3 is 2.84 bits per heavy atom. The molecule has 9 nitrogen and oxygen atoms in total. The zero-order valence-corrected chi connectivity index (χ0v) is 18.3. The molecule has 32 heavy (non-hydrogen) atoms. The molecule has 0 bridgehead atoms. The van der Waals surface area contributed by atoms with Gasteiger partial charge in [0.25, 0.3) is 5.91 Å². The highest BCUT2D eigenvalue weighted by Crippen LogP contribution is 2.43. The van der Waals surface area contributed by atoms with Crippen molar-refractivity contribution in [3.8, 4) is 0 Å². The maximum absolute atomic E-state index is 13.2. The number of hydrogen-bond acceptors (Lipinski definition) is 5. The molecule has 168 valence electrons. The summed E-state index contributed by atoms with van der Waals surface area (Å²) in [5.41, 5.74) is 0.260. The van der Waals surface area contributed by atoms with Crippen LogP contribution in [0.2, 0.25) is 0 Å². The minimum absolute atomic E-state index is 0.0228. The van der Waals surface area contributed by atoms with Gasteiger partial charge >= 0.3 is 0 Å². The largest absolute Gasteiger partial charge is 0.354 e. The van der Waals surface area contributed by atoms with E-state index in [4.69, 9.17) is 0 Å². The van der Waals surface area contributed by atoms with Gasteiger partial charge in [0.15, 0.2) is 0 Å². The fourth-order valence-electron chi connectivity index (χ4n) is 5.18. The summed E-state index contributed by atoms with van der Waals surface area (Å²) in [6, 6.07) is 7.11. The predicted molar refractivity (Wildman–Crippen MR) is 117 cm³/mol. The number of carbonyl (C=O) groups excluding carboxylic acids is 3. The lowest BCUT2D eigenvalue weighted by molar-refractivity contribution is -0.124. The van der Waals surface area contributed by atoms with Crippen LogP contribution in [0.25, 0.3) is 0 Å². The first-order chi connectivity index (χ1) is 15.5. The van der Waals surface area contributed by atoms with Crippen LogP contribution < -0.4 is 10.2 Å². The molecular formula is C23H28N6O3. The summed E-state index contributed by atoms with van der Waals surface area (Å²) in [5.74, 6) is 1.44. The average Bonchev–Trinajstić information content (AvgIpc) is 3.21. The topological polar surface area (TPSA) is 100 Å². The van der Waals surface area contributed by atoms with E-state index in [0.717, 1.165) is 37.5 Å². The number of para-hydroxylation sites is 1. The maximum atomic E-state index is 13.2. The summed E-state index contributed by atoms with van der Waals surface area (Å²) in [7, 11) is 0. The second kappa shape index (κ2) is 8.03. The number of anilines is 1. The van der Waals surface area contributed by atoms with Crippen molar-refractivity contribution in [3.63, 3.8) is 0 Å². The number of amides is 3. The van der Waals surface area contributed by atoms with Crippen LogP contribution in [-0.2, 0) is 29.0 Å². The molecule has 1 N–H and O–H groups in total. The van der Waals surface area contributed by atoms with Gasteiger partial charge in [0.05, 0.1) is 11.3 Å². The molecule has 1 aromatic heterocycles. The molecule has 3 amide bonds. The lowest BCUT2D eigenvalue weighted by atomic mass is 9.98. The minimum atomic E-state index is -0.829. The molecule has 2 aromatic rings. The molecule has 3 aliphatic heterocycles. The summed E-state index contributed by atoms with van der Waals surface area (Å²) in [5, 5.41) is 11.5. The Kier molecular flexibility index (Phi) is 5.19. The molecule has 0 saturated carbocycles. The summed E-state index contributed by atoms with van der Waals surface area (Å²) >= 11 is 0. The van der Waals surface area contributed by atoms with Crippen molar-refractivity contribution in [2.24, 2.45) is 0 Å². The van der Waals surface area contributed by atoms with Gasteiger partial charge in [0.2, 0.25) is 11.8 Å². The first-order valence-electron chi connectivity index (χ1n) is 11.4. The Hall–Kier alpha value is -3.23. The van der Waals surface area contributed by atoms with Crippen molar-refractivity contribution in [1.29, 1.82) is 0 Å². The molecule has 1 unspecified atom stereocenters. The number of carbonyl (C=O) groups is 3. The quantitative estimate of drug-likeness (QED) is 0.768. The van der Waals surface area contributed by atoms with E-state index >= 15 is 0 Å². The van der Waals surface area contributed by atoms with Crippen LogP contribution >= 0.6 is 0 Å². The molecule has 0 spiro atoms. The van der Waals surface area contributed by atoms with Crippen molar-refractivity contribution in [1.82, 2.24) is 25.0 Å². The van der Waals surface area contributed by atoms with Gasteiger partial charge in [-0.05, 0) is 38.3 Å². The smallest absolute Gasteiger partial charge is 0.258 e. The number of benzene rings is 1. The molecule has 9 heteroatoms. The number of aryl methyl sites for hydroxylation is 1. The predicted octanol–water partition coefficient (Wildman–Crippen LogP) is 1.66. The highest BCUT2D eigenvalue weighted by molar-refractivity contribution is 6.11. The monoisotopic (exact) mass is 436 g/mol. The van der Waals surface area contributed by atoms with Gasteiger partial charge in [0.1, 0.15) is 23.9 Å². The first kappa shape index (κ1) is 20.7. The molecule has 1 fully saturated rings. The molecule has 3 aliphatic rings. The third kappa shape index (κ3) is 3.36. The summed E-state index contributed by atoms with van der Waals surface area (Å²) < 4.78 is 2.17. The molecule has 4 heterocycles. The summed E-state index contributed by atoms with van der Waals surface area (Å²) in [4.78, 5) is 41.9. The molecule has 0 radical (unpaired) electrons. The Morgan fingerprint density at radius 1 is 1.12 bits per heavy atom. The second-order valence-electron chi connectivity index (χ2n) is 8.95. The number of nitrogens with zero attached hydrogens (tertiary/aromatic N) is 5. The molecule has 0 aliphatic carbocycles. The number of fused-ring (bicyclic) bond motifs is 4. The molecule has 1 saturated heterocycles. The Labute approximate surface area is 186 Å². The van der Waals surface area contributed by atoms with E-state index in [1.165, 1.54) is 6.42 Å². The highest BCUT2D eigenvalue weighted by atomic mass is 16.2. The average molecular weight is 437 g/mol. The zero-order chi connectivity index (χ0) is 22.3. The van der Waals surface area contributed by atoms with Crippen LogP contribution in [0.1, 0.15) is 61.0 Å². The van der Waals surface area contributed by atoms with Crippen LogP contribution in [-0.4, -0.2) is 56.1 Å². The van der Waals surface area contributed by atoms with Crippen LogP contribution in [0.4, 0.5) is 5.69 Å². The number of rotatable bonds is 5. The normalized spacial score (nSPS) is 22.3. The van der Waals surface area contributed by atoms with E-state index in [1.807, 2.05) is 13.0 Å². The van der Waals surface area contributed by atoms with Crippen molar-refractivity contribution in [3.05, 3.63) is 41.5 Å². The molecule has 1 aromatic carbocycles. The van der Waals surface area contributed by atoms with Gasteiger partial charge in [-0.1, -0.05) is 18.6 Å². The fraction of sp³-hybridized carbons (Fsp3) is 0.522. The molecule has 5 rings (SSSR count). The van der Waals surface area contributed by atoms with Crippen LogP contribution in [0.3, 0.4) is 0 Å². The Bertz CT molecular complexity index is 1080. The van der Waals surface area contributed by atoms with Crippen molar-refractivity contribution >= 4 is 23.4 Å². The molecule has 1 atom stereocenters. The van der Waals surface area contributed by atoms with Crippen LogP contribution in [0.15, 0.2) is 24.3 Å². The number of aromatic nitrogens is 3. The highest BCUT2D eigenvalue weighted by Gasteiger charge is 2.53. The van der Waals surface area contributed by atoms with Crippen molar-refractivity contribution in [2.75, 3.05) is 18.0 Å². The van der Waals surface area contributed by atoms with E-state index in [-0.39, 0.29) is 24.3 Å². The third-order valence-electron chi connectivity index (χ3n) is 6.90. The van der Waals surface area contributed by atoms with Gasteiger partial charge in [-0.3, -0.25) is 19.3 Å². The van der Waals surface area contributed by atoms with E-state index in [1.54, 1.807) is 28.0 Å². The standard InChI is InChI=1S/C23H28N6O3/c1-23-12-10-21(31)29(23)17-8-5-4-7-16(17)22(32)28(23)15-20(30)24-13-11-19-26-25-18-9-3-2-6-14-27(18)19/h4-5,7-8H,2-3,6,9-15H2,1H3,(H,24,30). The SMILES string of the molecule is CC12CCC(=O)N1c1ccccc1C(=O)N2CC(=O)NCCc1nnc2n1CCCCC2. The summed E-state index contributed by atoms with van der Waals surface area (Å²) in [6.07, 6.45) is 5.87. The van der Waals surface area contributed by atoms with Crippen LogP contribution in [0, 0.1) is 0 Å². The summed E-state index contributed by atoms with van der Waals surface area (Å²) in [6.45, 7) is 3.13. The molecular weight excluding hydrogens is 408 g/mol. The lowest BCUT2D eigenvalue weighted by Gasteiger charge is -2.48. The Balaban J connectivity index is 1.27. The van der Waals surface area contributed by atoms with Gasteiger partial charge in [0, 0.05) is 32.4 Å². The maximum Gasteiger partial charge on any atom is 0.258 e. The van der Waals surface area contributed by atoms with Crippen molar-refractivity contribution in [2.45, 2.75) is 64.1 Å². The first-order valence-corrected chi connectivity index (χ1v) is 11.4. The number of hydrogen-bond donors (Lipinski definition) is 1. The van der Waals surface area contributed by atoms with E-state index in [9.17, 15) is 14.4 Å². The number of nitrogens with one attached hydrogen (secondary N) is 1. The van der Waals surface area contributed by atoms with E-state index < -0.39 is 5.66 Å². The minimum Gasteiger partial charge on any atom is -0.354 e. The lowest BCUT2D eigenvalue weighted by Crippen LogP contribution is -2.63. The van der Waals surface area contributed by atoms with Gasteiger partial charge in [-0.15, -0.1) is 10.2 Å². The van der Waals surface area contributed by atoms with E-state index in [0.29, 0.717) is 37.1 Å². The van der Waals surface area contributed by atoms with Gasteiger partial charge < -0.3 is 14.8 Å². The van der Waals surface area contributed by atoms with Crippen molar-refractivity contribution < 1.29 is 14.4 Å². The van der Waals surface area contributed by atoms with Gasteiger partial charge in [-0.2, -0.15) is 0 Å². The Morgan fingerprint density at radius 2 is 1.97 bits per heavy atom.